The highest BCUT2D eigenvalue weighted by Gasteiger charge is 2.09. The molecule has 0 unspecified atom stereocenters. The van der Waals surface area contributed by atoms with Crippen LogP contribution in [0.15, 0.2) is 89.9 Å². The highest BCUT2D eigenvalue weighted by atomic mass is 35.5. The topological polar surface area (TPSA) is 31.2 Å². The number of rotatable bonds is 6. The summed E-state index contributed by atoms with van der Waals surface area (Å²) in [6.07, 6.45) is 6.25. The van der Waals surface area contributed by atoms with Gasteiger partial charge in [0.2, 0.25) is 6.33 Å². The first-order valence-corrected chi connectivity index (χ1v) is 9.96. The second-order valence-corrected chi connectivity index (χ2v) is 7.49. The van der Waals surface area contributed by atoms with Crippen molar-refractivity contribution in [3.8, 4) is 5.75 Å². The summed E-state index contributed by atoms with van der Waals surface area (Å²) in [6.45, 7) is 2.22. The number of aromatic nitrogens is 2. The summed E-state index contributed by atoms with van der Waals surface area (Å²) < 4.78 is 16.2. The van der Waals surface area contributed by atoms with E-state index >= 15 is 0 Å². The average Bonchev–Trinajstić information content (AvgIpc) is 3.32. The molecule has 5 heteroatoms. The predicted molar refractivity (Wildman–Crippen MR) is 114 cm³/mol. The maximum atomic E-state index is 6.06. The molecule has 144 valence electrons. The van der Waals surface area contributed by atoms with E-state index in [4.69, 9.17) is 20.8 Å². The maximum Gasteiger partial charge on any atom is 0.244 e. The van der Waals surface area contributed by atoms with Crippen molar-refractivity contribution in [2.45, 2.75) is 13.1 Å². The molecule has 0 saturated heterocycles. The molecule has 0 spiro atoms. The maximum absolute atomic E-state index is 6.06. The average molecular weight is 404 g/mol. The molecular weight excluding hydrogens is 384 g/mol. The van der Waals surface area contributed by atoms with Crippen molar-refractivity contribution >= 4 is 33.5 Å². The molecule has 4 nitrogen and oxygen atoms in total. The minimum atomic E-state index is 0.581. The van der Waals surface area contributed by atoms with Crippen molar-refractivity contribution in [3.05, 3.63) is 96.0 Å². The molecule has 0 fully saturated rings. The summed E-state index contributed by atoms with van der Waals surface area (Å²) in [6, 6.07) is 22.1. The normalized spacial score (nSPS) is 11.3. The molecule has 2 heterocycles. The van der Waals surface area contributed by atoms with Gasteiger partial charge >= 0.3 is 0 Å². The monoisotopic (exact) mass is 403 g/mol. The fourth-order valence-corrected chi connectivity index (χ4v) is 3.71. The molecule has 0 aliphatic heterocycles. The Morgan fingerprint density at radius 1 is 0.931 bits per heavy atom. The van der Waals surface area contributed by atoms with E-state index in [1.54, 1.807) is 0 Å². The van der Waals surface area contributed by atoms with Crippen LogP contribution in [0.1, 0.15) is 5.56 Å². The van der Waals surface area contributed by atoms with E-state index in [0.717, 1.165) is 40.8 Å². The zero-order chi connectivity index (χ0) is 19.6. The third kappa shape index (κ3) is 3.84. The second kappa shape index (κ2) is 7.64. The number of imidazole rings is 1. The Labute approximate surface area is 173 Å². The van der Waals surface area contributed by atoms with Crippen LogP contribution in [0.5, 0.6) is 5.75 Å². The zero-order valence-corrected chi connectivity index (χ0v) is 16.5. The molecule has 0 aliphatic carbocycles. The van der Waals surface area contributed by atoms with Gasteiger partial charge in [0.1, 0.15) is 49.0 Å². The molecule has 5 aromatic rings. The zero-order valence-electron chi connectivity index (χ0n) is 15.8. The second-order valence-electron chi connectivity index (χ2n) is 7.06. The van der Waals surface area contributed by atoms with Gasteiger partial charge in [-0.05, 0) is 29.8 Å². The van der Waals surface area contributed by atoms with Crippen LogP contribution in [0.25, 0.3) is 21.9 Å². The standard InChI is InChI=1S/C24H20ClN2O2/c25-19-6-8-21-22-9-7-20(15-24(22)29-23(21)14-19)28-13-12-26-10-11-27(17-26)16-18-4-2-1-3-5-18/h1-11,14-15,17H,12-13,16H2/q+1. The number of furan rings is 1. The van der Waals surface area contributed by atoms with Crippen LogP contribution in [0.3, 0.4) is 0 Å². The molecule has 0 aliphatic rings. The Bertz CT molecular complexity index is 1270. The van der Waals surface area contributed by atoms with Gasteiger partial charge in [0.25, 0.3) is 0 Å². The van der Waals surface area contributed by atoms with Crippen LogP contribution >= 0.6 is 11.6 Å². The van der Waals surface area contributed by atoms with Gasteiger partial charge in [-0.25, -0.2) is 9.13 Å². The molecule has 0 radical (unpaired) electrons. The van der Waals surface area contributed by atoms with Crippen LogP contribution in [-0.4, -0.2) is 11.2 Å². The van der Waals surface area contributed by atoms with E-state index < -0.39 is 0 Å². The first-order chi connectivity index (χ1) is 14.2. The number of halogens is 1. The quantitative estimate of drug-likeness (QED) is 0.353. The summed E-state index contributed by atoms with van der Waals surface area (Å²) in [5.74, 6) is 0.798. The van der Waals surface area contributed by atoms with E-state index in [2.05, 4.69) is 52.1 Å². The minimum absolute atomic E-state index is 0.581. The van der Waals surface area contributed by atoms with Gasteiger partial charge in [-0.3, -0.25) is 0 Å². The first kappa shape index (κ1) is 17.8. The van der Waals surface area contributed by atoms with Crippen molar-refractivity contribution in [1.82, 2.24) is 4.57 Å². The number of ether oxygens (including phenoxy) is 1. The Balaban J connectivity index is 1.23. The lowest BCUT2D eigenvalue weighted by Crippen LogP contribution is -2.31. The van der Waals surface area contributed by atoms with Crippen molar-refractivity contribution in [3.63, 3.8) is 0 Å². The molecule has 5 rings (SSSR count). The third-order valence-electron chi connectivity index (χ3n) is 4.98. The van der Waals surface area contributed by atoms with E-state index in [9.17, 15) is 0 Å². The molecule has 0 N–H and O–H groups in total. The molecule has 0 bridgehead atoms. The Hall–Kier alpha value is -3.24. The number of hydrogen-bond acceptors (Lipinski definition) is 2. The van der Waals surface area contributed by atoms with E-state index in [-0.39, 0.29) is 0 Å². The number of fused-ring (bicyclic) bond motifs is 3. The van der Waals surface area contributed by atoms with Crippen molar-refractivity contribution < 1.29 is 13.7 Å². The van der Waals surface area contributed by atoms with E-state index in [1.165, 1.54) is 5.56 Å². The van der Waals surface area contributed by atoms with Crippen molar-refractivity contribution in [1.29, 1.82) is 0 Å². The van der Waals surface area contributed by atoms with Crippen molar-refractivity contribution in [2.24, 2.45) is 0 Å². The van der Waals surface area contributed by atoms with Crippen LogP contribution in [0, 0.1) is 0 Å². The lowest BCUT2D eigenvalue weighted by molar-refractivity contribution is -0.687. The summed E-state index contributed by atoms with van der Waals surface area (Å²) in [5, 5.41) is 2.80. The molecule has 0 atom stereocenters. The van der Waals surface area contributed by atoms with E-state index in [0.29, 0.717) is 11.6 Å². The molecular formula is C24H20ClN2O2+. The Kier molecular flexibility index (Phi) is 4.70. The largest absolute Gasteiger partial charge is 0.489 e. The fourth-order valence-electron chi connectivity index (χ4n) is 3.55. The van der Waals surface area contributed by atoms with Gasteiger partial charge in [0.15, 0.2) is 0 Å². The molecule has 0 amide bonds. The SMILES string of the molecule is Clc1ccc2c(c1)oc1cc(OCCn3cc[n+](Cc4ccccc4)c3)ccc12. The number of nitrogens with zero attached hydrogens (tertiary/aromatic N) is 2. The van der Waals surface area contributed by atoms with Gasteiger partial charge in [-0.15, -0.1) is 0 Å². The lowest BCUT2D eigenvalue weighted by Gasteiger charge is -2.04. The lowest BCUT2D eigenvalue weighted by atomic mass is 10.1. The molecule has 2 aromatic heterocycles. The first-order valence-electron chi connectivity index (χ1n) is 9.58. The van der Waals surface area contributed by atoms with Gasteiger partial charge < -0.3 is 9.15 Å². The fraction of sp³-hybridized carbons (Fsp3) is 0.125. The Morgan fingerprint density at radius 2 is 1.72 bits per heavy atom. The summed E-state index contributed by atoms with van der Waals surface area (Å²) in [5.41, 5.74) is 2.88. The van der Waals surface area contributed by atoms with Crippen LogP contribution in [0.4, 0.5) is 0 Å². The van der Waals surface area contributed by atoms with Crippen molar-refractivity contribution in [2.75, 3.05) is 6.61 Å². The molecule has 0 saturated carbocycles. The van der Waals surface area contributed by atoms with Gasteiger partial charge in [0.05, 0.1) is 0 Å². The van der Waals surface area contributed by atoms with Crippen LogP contribution < -0.4 is 9.30 Å². The van der Waals surface area contributed by atoms with Gasteiger partial charge in [0, 0.05) is 27.9 Å². The Morgan fingerprint density at radius 3 is 2.59 bits per heavy atom. The highest BCUT2D eigenvalue weighted by Crippen LogP contribution is 2.32. The smallest absolute Gasteiger partial charge is 0.244 e. The van der Waals surface area contributed by atoms with E-state index in [1.807, 2.05) is 42.5 Å². The predicted octanol–water partition coefficient (Wildman–Crippen LogP) is 5.46. The van der Waals surface area contributed by atoms with Crippen LogP contribution in [-0.2, 0) is 13.1 Å². The molecule has 29 heavy (non-hydrogen) atoms. The minimum Gasteiger partial charge on any atom is -0.489 e. The van der Waals surface area contributed by atoms with Crippen LogP contribution in [0.2, 0.25) is 5.02 Å². The van der Waals surface area contributed by atoms with Gasteiger partial charge in [-0.1, -0.05) is 41.9 Å². The highest BCUT2D eigenvalue weighted by molar-refractivity contribution is 6.31. The van der Waals surface area contributed by atoms with Gasteiger partial charge in [-0.2, -0.15) is 0 Å². The summed E-state index contributed by atoms with van der Waals surface area (Å²) in [4.78, 5) is 0. The summed E-state index contributed by atoms with van der Waals surface area (Å²) >= 11 is 6.06. The number of benzene rings is 3. The number of hydrogen-bond donors (Lipinski definition) is 0. The third-order valence-corrected chi connectivity index (χ3v) is 5.21. The summed E-state index contributed by atoms with van der Waals surface area (Å²) in [7, 11) is 0. The molecule has 3 aromatic carbocycles.